The normalized spacial score (nSPS) is 13.6. The number of rotatable bonds is 2. The molecule has 27 heavy (non-hydrogen) atoms. The molecule has 138 valence electrons. The van der Waals surface area contributed by atoms with E-state index in [-0.39, 0.29) is 5.75 Å². The first-order valence-electron chi connectivity index (χ1n) is 8.60. The molecule has 0 saturated heterocycles. The van der Waals surface area contributed by atoms with E-state index >= 15 is 0 Å². The van der Waals surface area contributed by atoms with Crippen LogP contribution in [0, 0.1) is 6.92 Å². The standard InChI is InChI=1S/C20H19ClN4O2/c1-12-10-23-20(24-19(12)22)25-5-6-27-18-15(11-25)7-14(9-17(18)26)13-3-2-4-16(21)8-13/h2-4,7-10,26H,5-6,11H2,1H3,(H2,22,23,24). The fourth-order valence-corrected chi connectivity index (χ4v) is 3.29. The number of anilines is 2. The van der Waals surface area contributed by atoms with E-state index in [4.69, 9.17) is 22.1 Å². The summed E-state index contributed by atoms with van der Waals surface area (Å²) in [5.74, 6) is 1.60. The van der Waals surface area contributed by atoms with Crippen LogP contribution in [0.3, 0.4) is 0 Å². The summed E-state index contributed by atoms with van der Waals surface area (Å²) in [5, 5.41) is 11.1. The van der Waals surface area contributed by atoms with Crippen LogP contribution in [-0.2, 0) is 6.54 Å². The smallest absolute Gasteiger partial charge is 0.227 e. The van der Waals surface area contributed by atoms with Crippen LogP contribution < -0.4 is 15.4 Å². The molecule has 0 saturated carbocycles. The van der Waals surface area contributed by atoms with E-state index in [1.165, 1.54) is 0 Å². The van der Waals surface area contributed by atoms with Crippen molar-refractivity contribution < 1.29 is 9.84 Å². The number of nitrogens with two attached hydrogens (primary N) is 1. The van der Waals surface area contributed by atoms with E-state index < -0.39 is 0 Å². The number of aryl methyl sites for hydroxylation is 1. The lowest BCUT2D eigenvalue weighted by atomic mass is 10.0. The summed E-state index contributed by atoms with van der Waals surface area (Å²) in [6.07, 6.45) is 1.71. The van der Waals surface area contributed by atoms with Crippen LogP contribution in [0.2, 0.25) is 5.02 Å². The Labute approximate surface area is 162 Å². The van der Waals surface area contributed by atoms with E-state index in [9.17, 15) is 5.11 Å². The van der Waals surface area contributed by atoms with Crippen LogP contribution in [0.5, 0.6) is 11.5 Å². The fraction of sp³-hybridized carbons (Fsp3) is 0.200. The molecule has 1 aliphatic heterocycles. The van der Waals surface area contributed by atoms with Gasteiger partial charge in [-0.25, -0.2) is 4.98 Å². The van der Waals surface area contributed by atoms with Crippen molar-refractivity contribution in [1.29, 1.82) is 0 Å². The number of nitrogens with zero attached hydrogens (tertiary/aromatic N) is 3. The van der Waals surface area contributed by atoms with Crippen molar-refractivity contribution in [3.8, 4) is 22.6 Å². The Morgan fingerprint density at radius 3 is 2.85 bits per heavy atom. The van der Waals surface area contributed by atoms with Crippen molar-refractivity contribution in [2.24, 2.45) is 0 Å². The summed E-state index contributed by atoms with van der Waals surface area (Å²) in [7, 11) is 0. The minimum atomic E-state index is 0.105. The molecule has 0 radical (unpaired) electrons. The second-order valence-electron chi connectivity index (χ2n) is 6.50. The number of aromatic nitrogens is 2. The molecule has 0 amide bonds. The molecule has 7 heteroatoms. The zero-order valence-electron chi connectivity index (χ0n) is 14.8. The number of hydrogen-bond acceptors (Lipinski definition) is 6. The van der Waals surface area contributed by atoms with Crippen molar-refractivity contribution in [3.05, 3.63) is 58.7 Å². The van der Waals surface area contributed by atoms with E-state index in [2.05, 4.69) is 9.97 Å². The maximum Gasteiger partial charge on any atom is 0.227 e. The second-order valence-corrected chi connectivity index (χ2v) is 6.94. The highest BCUT2D eigenvalue weighted by atomic mass is 35.5. The van der Waals surface area contributed by atoms with Gasteiger partial charge >= 0.3 is 0 Å². The van der Waals surface area contributed by atoms with Gasteiger partial charge in [-0.1, -0.05) is 23.7 Å². The van der Waals surface area contributed by atoms with Crippen LogP contribution >= 0.6 is 11.6 Å². The zero-order chi connectivity index (χ0) is 19.0. The number of halogens is 1. The van der Waals surface area contributed by atoms with Crippen LogP contribution in [0.1, 0.15) is 11.1 Å². The molecule has 3 N–H and O–H groups in total. The second kappa shape index (κ2) is 6.96. The van der Waals surface area contributed by atoms with Gasteiger partial charge in [-0.3, -0.25) is 0 Å². The lowest BCUT2D eigenvalue weighted by Gasteiger charge is -2.20. The summed E-state index contributed by atoms with van der Waals surface area (Å²) >= 11 is 6.11. The SMILES string of the molecule is Cc1cnc(N2CCOc3c(O)cc(-c4cccc(Cl)c4)cc3C2)nc1N. The molecular weight excluding hydrogens is 364 g/mol. The minimum absolute atomic E-state index is 0.105. The molecule has 4 rings (SSSR count). The third kappa shape index (κ3) is 3.48. The van der Waals surface area contributed by atoms with E-state index in [0.29, 0.717) is 42.2 Å². The molecule has 1 aromatic heterocycles. The van der Waals surface area contributed by atoms with E-state index in [1.807, 2.05) is 42.2 Å². The van der Waals surface area contributed by atoms with Gasteiger partial charge in [0.05, 0.1) is 6.54 Å². The van der Waals surface area contributed by atoms with Gasteiger partial charge < -0.3 is 20.5 Å². The molecule has 0 aliphatic carbocycles. The summed E-state index contributed by atoms with van der Waals surface area (Å²) in [6, 6.07) is 11.2. The lowest BCUT2D eigenvalue weighted by molar-refractivity contribution is 0.311. The number of phenolic OH excluding ortho intramolecular Hbond substituents is 1. The van der Waals surface area contributed by atoms with Crippen LogP contribution in [0.25, 0.3) is 11.1 Å². The first-order valence-corrected chi connectivity index (χ1v) is 8.98. The molecule has 0 atom stereocenters. The van der Waals surface area contributed by atoms with Gasteiger partial charge in [0.1, 0.15) is 12.4 Å². The van der Waals surface area contributed by atoms with E-state index in [0.717, 1.165) is 22.3 Å². The van der Waals surface area contributed by atoms with Crippen molar-refractivity contribution in [2.75, 3.05) is 23.8 Å². The molecule has 2 aromatic carbocycles. The van der Waals surface area contributed by atoms with E-state index in [1.54, 1.807) is 12.3 Å². The summed E-state index contributed by atoms with van der Waals surface area (Å²) in [6.45, 7) is 3.37. The fourth-order valence-electron chi connectivity index (χ4n) is 3.10. The van der Waals surface area contributed by atoms with Gasteiger partial charge in [0.15, 0.2) is 11.5 Å². The Kier molecular flexibility index (Phi) is 4.49. The highest BCUT2D eigenvalue weighted by Gasteiger charge is 2.21. The number of phenols is 1. The third-order valence-electron chi connectivity index (χ3n) is 4.55. The predicted molar refractivity (Wildman–Crippen MR) is 106 cm³/mol. The van der Waals surface area contributed by atoms with Gasteiger partial charge in [0.25, 0.3) is 0 Å². The number of ether oxygens (including phenoxy) is 1. The van der Waals surface area contributed by atoms with Crippen molar-refractivity contribution in [1.82, 2.24) is 9.97 Å². The number of hydrogen-bond donors (Lipinski definition) is 2. The molecule has 0 spiro atoms. The highest BCUT2D eigenvalue weighted by molar-refractivity contribution is 6.30. The molecule has 6 nitrogen and oxygen atoms in total. The molecule has 2 heterocycles. The quantitative estimate of drug-likeness (QED) is 0.701. The van der Waals surface area contributed by atoms with Crippen molar-refractivity contribution >= 4 is 23.4 Å². The molecular formula is C20H19ClN4O2. The maximum absolute atomic E-state index is 10.5. The molecule has 0 bridgehead atoms. The molecule has 3 aromatic rings. The minimum Gasteiger partial charge on any atom is -0.504 e. The van der Waals surface area contributed by atoms with Crippen molar-refractivity contribution in [3.63, 3.8) is 0 Å². The first kappa shape index (κ1) is 17.4. The van der Waals surface area contributed by atoms with Gasteiger partial charge in [-0.15, -0.1) is 0 Å². The van der Waals surface area contributed by atoms with Gasteiger partial charge in [0.2, 0.25) is 5.95 Å². The summed E-state index contributed by atoms with van der Waals surface area (Å²) < 4.78 is 5.79. The molecule has 1 aliphatic rings. The zero-order valence-corrected chi connectivity index (χ0v) is 15.6. The van der Waals surface area contributed by atoms with Gasteiger partial charge in [-0.05, 0) is 42.3 Å². The number of nitrogen functional groups attached to an aromatic ring is 1. The largest absolute Gasteiger partial charge is 0.504 e. The Morgan fingerprint density at radius 1 is 1.22 bits per heavy atom. The third-order valence-corrected chi connectivity index (χ3v) is 4.79. The van der Waals surface area contributed by atoms with Crippen LogP contribution in [-0.4, -0.2) is 28.2 Å². The number of aromatic hydroxyl groups is 1. The Balaban J connectivity index is 1.73. The topological polar surface area (TPSA) is 84.5 Å². The summed E-state index contributed by atoms with van der Waals surface area (Å²) in [5.41, 5.74) is 9.42. The summed E-state index contributed by atoms with van der Waals surface area (Å²) in [4.78, 5) is 10.8. The lowest BCUT2D eigenvalue weighted by Crippen LogP contribution is -2.27. The highest BCUT2D eigenvalue weighted by Crippen LogP contribution is 2.38. The van der Waals surface area contributed by atoms with Gasteiger partial charge in [0, 0.05) is 28.9 Å². The molecule has 0 unspecified atom stereocenters. The van der Waals surface area contributed by atoms with Gasteiger partial charge in [-0.2, -0.15) is 4.98 Å². The molecule has 0 fully saturated rings. The predicted octanol–water partition coefficient (Wildman–Crippen LogP) is 3.79. The van der Waals surface area contributed by atoms with Crippen LogP contribution in [0.15, 0.2) is 42.6 Å². The van der Waals surface area contributed by atoms with Crippen LogP contribution in [0.4, 0.5) is 11.8 Å². The van der Waals surface area contributed by atoms with Crippen molar-refractivity contribution in [2.45, 2.75) is 13.5 Å². The Hall–Kier alpha value is -2.99. The number of fused-ring (bicyclic) bond motifs is 1. The maximum atomic E-state index is 10.5. The monoisotopic (exact) mass is 382 g/mol. The first-order chi connectivity index (χ1) is 13.0. The Bertz CT molecular complexity index is 1010. The average molecular weight is 383 g/mol. The average Bonchev–Trinajstić information content (AvgIpc) is 2.87. The Morgan fingerprint density at radius 2 is 2.07 bits per heavy atom. The number of benzene rings is 2.